The first kappa shape index (κ1) is 9.10. The summed E-state index contributed by atoms with van der Waals surface area (Å²) in [6.45, 7) is 0. The standard InChI is InChI=1S/O3Si.Po/c1-4(2)3;/q-2;. The second-order valence-corrected chi connectivity index (χ2v) is 0.750. The van der Waals surface area contributed by atoms with Crippen LogP contribution in [0.2, 0.25) is 0 Å². The molecule has 0 heterocycles. The molecule has 0 bridgehead atoms. The molecule has 0 atom stereocenters. The van der Waals surface area contributed by atoms with E-state index < -0.39 is 9.17 Å². The van der Waals surface area contributed by atoms with E-state index in [0.717, 1.165) is 0 Å². The number of hydrogen-bond acceptors (Lipinski definition) is 3. The van der Waals surface area contributed by atoms with Gasteiger partial charge in [0.2, 0.25) is 0 Å². The van der Waals surface area contributed by atoms with Crippen molar-refractivity contribution < 1.29 is 14.1 Å². The zero-order chi connectivity index (χ0) is 3.58. The molecule has 0 spiro atoms. The molecule has 30 valence electrons. The van der Waals surface area contributed by atoms with Gasteiger partial charge in [0.05, 0.1) is 0 Å². The minimum absolute atomic E-state index is 0. The predicted octanol–water partition coefficient (Wildman–Crippen LogP) is -3.26. The Labute approximate surface area is 50.0 Å². The van der Waals surface area contributed by atoms with Gasteiger partial charge >= 0.3 is 0 Å². The van der Waals surface area contributed by atoms with Gasteiger partial charge in [-0.2, -0.15) is 0 Å². The van der Waals surface area contributed by atoms with Crippen LogP contribution < -0.4 is 9.59 Å². The molecule has 0 rings (SSSR count). The zero-order valence-corrected chi connectivity index (χ0v) is 6.31. The molecule has 0 amide bonds. The van der Waals surface area contributed by atoms with Crippen molar-refractivity contribution in [2.75, 3.05) is 0 Å². The zero-order valence-electron chi connectivity index (χ0n) is 2.13. The molecule has 0 aromatic carbocycles. The third kappa shape index (κ3) is 108. The number of rotatable bonds is 0. The molecule has 0 aromatic heterocycles. The second kappa shape index (κ2) is 4.51. The molecule has 0 aliphatic heterocycles. The Bertz CT molecular complexity index is 29.9. The molecule has 5 heavy (non-hydrogen) atoms. The maximum atomic E-state index is 8.52. The van der Waals surface area contributed by atoms with Crippen LogP contribution in [0, 0.1) is 0 Å². The van der Waals surface area contributed by atoms with E-state index in [2.05, 4.69) is 0 Å². The van der Waals surface area contributed by atoms with Gasteiger partial charge in [0, 0.05) is 35.7 Å². The molecule has 0 N–H and O–H groups in total. The summed E-state index contributed by atoms with van der Waals surface area (Å²) >= 11 is 0. The summed E-state index contributed by atoms with van der Waals surface area (Å²) in [5.41, 5.74) is 0. The van der Waals surface area contributed by atoms with Crippen molar-refractivity contribution >= 4 is 35.7 Å². The van der Waals surface area contributed by atoms with Crippen molar-refractivity contribution in [3.05, 3.63) is 0 Å². The molecular formula is O3PoSi-2. The predicted molar refractivity (Wildman–Crippen MR) is 12.2 cm³/mol. The maximum Gasteiger partial charge on any atom is 0.0172 e. The first-order valence-electron chi connectivity index (χ1n) is 0.612. The van der Waals surface area contributed by atoms with Crippen LogP contribution in [-0.2, 0) is 4.46 Å². The quantitative estimate of drug-likeness (QED) is 0.439. The van der Waals surface area contributed by atoms with E-state index >= 15 is 0 Å². The van der Waals surface area contributed by atoms with Crippen LogP contribution in [0.5, 0.6) is 0 Å². The van der Waals surface area contributed by atoms with Crippen molar-refractivity contribution in [3.8, 4) is 0 Å². The molecule has 3 nitrogen and oxygen atoms in total. The Morgan fingerprint density at radius 3 is 1.40 bits per heavy atom. The summed E-state index contributed by atoms with van der Waals surface area (Å²) in [4.78, 5) is 17.0. The van der Waals surface area contributed by atoms with Gasteiger partial charge in [-0.15, -0.1) is 0 Å². The molecule has 0 fully saturated rings. The van der Waals surface area contributed by atoms with Crippen LogP contribution in [0.4, 0.5) is 0 Å². The number of hydrogen-bond donors (Lipinski definition) is 0. The van der Waals surface area contributed by atoms with Gasteiger partial charge < -0.3 is 14.1 Å². The van der Waals surface area contributed by atoms with Crippen LogP contribution in [0.3, 0.4) is 0 Å². The van der Waals surface area contributed by atoms with Crippen LogP contribution in [0.25, 0.3) is 0 Å². The second-order valence-electron chi connectivity index (χ2n) is 0.250. The monoisotopic (exact) mass is 285 g/mol. The van der Waals surface area contributed by atoms with Gasteiger partial charge in [-0.05, 0) is 0 Å². The van der Waals surface area contributed by atoms with Gasteiger partial charge in [0.1, 0.15) is 0 Å². The third-order valence-corrected chi connectivity index (χ3v) is 0. The Balaban J connectivity index is 0. The maximum absolute atomic E-state index is 8.52. The van der Waals surface area contributed by atoms with Gasteiger partial charge in [-0.1, -0.05) is 0 Å². The topological polar surface area (TPSA) is 63.2 Å². The average molecular weight is 285 g/mol. The first-order valence-corrected chi connectivity index (χ1v) is 1.84. The summed E-state index contributed by atoms with van der Waals surface area (Å²) in [5, 5.41) is 0. The summed E-state index contributed by atoms with van der Waals surface area (Å²) in [7, 11) is -3.63. The van der Waals surface area contributed by atoms with Gasteiger partial charge in [0.25, 0.3) is 0 Å². The van der Waals surface area contributed by atoms with Crippen molar-refractivity contribution in [3.63, 3.8) is 0 Å². The summed E-state index contributed by atoms with van der Waals surface area (Å²) in [5.74, 6) is 0. The van der Waals surface area contributed by atoms with E-state index in [4.69, 9.17) is 14.1 Å². The van der Waals surface area contributed by atoms with Crippen LogP contribution in [0.15, 0.2) is 0 Å². The van der Waals surface area contributed by atoms with Crippen LogP contribution >= 0.6 is 0 Å². The Morgan fingerprint density at radius 2 is 1.40 bits per heavy atom. The smallest absolute Gasteiger partial charge is 0.0172 e. The molecule has 0 aliphatic rings. The minimum atomic E-state index is -3.63. The molecule has 0 aromatic rings. The summed E-state index contributed by atoms with van der Waals surface area (Å²) < 4.78 is 8.52. The fourth-order valence-electron chi connectivity index (χ4n) is 0. The van der Waals surface area contributed by atoms with E-state index in [1.54, 1.807) is 0 Å². The average Bonchev–Trinajstić information content (AvgIpc) is 0.811. The van der Waals surface area contributed by atoms with E-state index in [-0.39, 0.29) is 26.6 Å². The van der Waals surface area contributed by atoms with Crippen molar-refractivity contribution in [2.45, 2.75) is 0 Å². The van der Waals surface area contributed by atoms with Gasteiger partial charge in [-0.3, -0.25) is 0 Å². The summed E-state index contributed by atoms with van der Waals surface area (Å²) in [6, 6.07) is 0. The molecular weight excluding hydrogens is 285 g/mol. The van der Waals surface area contributed by atoms with Crippen molar-refractivity contribution in [1.82, 2.24) is 0 Å². The minimum Gasteiger partial charge on any atom is -0.672 e. The molecule has 0 aliphatic carbocycles. The van der Waals surface area contributed by atoms with E-state index in [1.165, 1.54) is 0 Å². The van der Waals surface area contributed by atoms with E-state index in [9.17, 15) is 0 Å². The molecule has 2 radical (unpaired) electrons. The summed E-state index contributed by atoms with van der Waals surface area (Å²) in [6.07, 6.45) is 0. The first-order chi connectivity index (χ1) is 1.73. The molecule has 0 saturated carbocycles. The Hall–Kier alpha value is 0.513. The fourth-order valence-corrected chi connectivity index (χ4v) is 0. The van der Waals surface area contributed by atoms with E-state index in [1.807, 2.05) is 0 Å². The van der Waals surface area contributed by atoms with Crippen LogP contribution in [0.1, 0.15) is 0 Å². The molecule has 0 saturated heterocycles. The SMILES string of the molecule is O=[Si]([O-])[O-].[Po]. The Kier molecular flexibility index (Phi) is 8.21. The van der Waals surface area contributed by atoms with E-state index in [0.29, 0.717) is 0 Å². The van der Waals surface area contributed by atoms with Gasteiger partial charge in [-0.25, -0.2) is 0 Å². The normalized spacial score (nSPS) is 4.80. The Morgan fingerprint density at radius 1 is 1.40 bits per heavy atom. The molecule has 5 heteroatoms. The third-order valence-electron chi connectivity index (χ3n) is 0. The van der Waals surface area contributed by atoms with Gasteiger partial charge in [0.15, 0.2) is 0 Å². The van der Waals surface area contributed by atoms with Crippen LogP contribution in [-0.4, -0.2) is 35.7 Å². The van der Waals surface area contributed by atoms with Crippen molar-refractivity contribution in [1.29, 1.82) is 0 Å². The molecule has 0 unspecified atom stereocenters. The fraction of sp³-hybridized carbons (Fsp3) is 0. The van der Waals surface area contributed by atoms with Crippen molar-refractivity contribution in [2.24, 2.45) is 0 Å². The largest absolute Gasteiger partial charge is 0.672 e.